The SMILES string of the molecule is CCS(=O)(=O)N1CC(CC#N)(n2cc(-c3ccnc4[nH]ccc34)c(C)n2)C1. The van der Waals surface area contributed by atoms with Crippen molar-refractivity contribution in [2.45, 2.75) is 25.8 Å². The molecular formula is C18H20N6O2S. The van der Waals surface area contributed by atoms with Gasteiger partial charge >= 0.3 is 0 Å². The Morgan fingerprint density at radius 3 is 2.81 bits per heavy atom. The number of aromatic nitrogens is 4. The van der Waals surface area contributed by atoms with Crippen molar-refractivity contribution in [1.29, 1.82) is 5.26 Å². The molecule has 27 heavy (non-hydrogen) atoms. The molecule has 8 nitrogen and oxygen atoms in total. The van der Waals surface area contributed by atoms with E-state index in [-0.39, 0.29) is 25.3 Å². The molecule has 4 rings (SSSR count). The standard InChI is InChI=1S/C18H20N6O2S/c1-3-27(25,26)23-11-18(12-23,6-7-19)24-10-16(13(2)22-24)14-4-8-20-17-15(14)5-9-21-17/h4-5,8-10H,3,6,11-12H2,1-2H3,(H,20,21). The second-order valence-electron chi connectivity index (χ2n) is 6.90. The summed E-state index contributed by atoms with van der Waals surface area (Å²) in [7, 11) is -3.27. The monoisotopic (exact) mass is 384 g/mol. The molecule has 1 saturated heterocycles. The summed E-state index contributed by atoms with van der Waals surface area (Å²) in [5.41, 5.74) is 2.98. The largest absolute Gasteiger partial charge is 0.346 e. The van der Waals surface area contributed by atoms with Gasteiger partial charge in [0.15, 0.2) is 0 Å². The molecule has 3 aromatic heterocycles. The van der Waals surface area contributed by atoms with Crippen LogP contribution in [0, 0.1) is 18.3 Å². The molecule has 0 atom stereocenters. The van der Waals surface area contributed by atoms with Crippen LogP contribution in [0.2, 0.25) is 0 Å². The molecule has 1 fully saturated rings. The van der Waals surface area contributed by atoms with Crippen LogP contribution in [0.1, 0.15) is 19.0 Å². The topological polar surface area (TPSA) is 108 Å². The van der Waals surface area contributed by atoms with Crippen molar-refractivity contribution in [3.8, 4) is 17.2 Å². The predicted octanol–water partition coefficient (Wildman–Crippen LogP) is 2.01. The van der Waals surface area contributed by atoms with E-state index in [0.717, 1.165) is 27.9 Å². The van der Waals surface area contributed by atoms with Crippen molar-refractivity contribution in [3.63, 3.8) is 0 Å². The minimum absolute atomic E-state index is 0.0570. The number of nitrogens with zero attached hydrogens (tertiary/aromatic N) is 5. The quantitative estimate of drug-likeness (QED) is 0.724. The first-order valence-electron chi connectivity index (χ1n) is 8.74. The molecule has 1 aliphatic heterocycles. The Morgan fingerprint density at radius 2 is 2.11 bits per heavy atom. The summed E-state index contributed by atoms with van der Waals surface area (Å²) in [5, 5.41) is 15.0. The van der Waals surface area contributed by atoms with Crippen molar-refractivity contribution in [2.24, 2.45) is 0 Å². The zero-order valence-electron chi connectivity index (χ0n) is 15.2. The Labute approximate surface area is 157 Å². The Morgan fingerprint density at radius 1 is 1.33 bits per heavy atom. The molecule has 0 unspecified atom stereocenters. The number of pyridine rings is 1. The summed E-state index contributed by atoms with van der Waals surface area (Å²) in [6.45, 7) is 4.09. The Balaban J connectivity index is 1.74. The van der Waals surface area contributed by atoms with Crippen LogP contribution in [0.5, 0.6) is 0 Å². The molecular weight excluding hydrogens is 364 g/mol. The average Bonchev–Trinajstić information content (AvgIpc) is 3.24. The van der Waals surface area contributed by atoms with Gasteiger partial charge in [-0.2, -0.15) is 14.7 Å². The molecule has 0 aromatic carbocycles. The third kappa shape index (κ3) is 2.72. The molecule has 0 bridgehead atoms. The van der Waals surface area contributed by atoms with E-state index in [1.165, 1.54) is 4.31 Å². The average molecular weight is 384 g/mol. The minimum atomic E-state index is -3.27. The Kier molecular flexibility index (Phi) is 4.05. The smallest absolute Gasteiger partial charge is 0.213 e. The van der Waals surface area contributed by atoms with Gasteiger partial charge < -0.3 is 4.98 Å². The van der Waals surface area contributed by atoms with E-state index < -0.39 is 15.6 Å². The fourth-order valence-corrected chi connectivity index (χ4v) is 4.88. The van der Waals surface area contributed by atoms with E-state index in [0.29, 0.717) is 0 Å². The summed E-state index contributed by atoms with van der Waals surface area (Å²) >= 11 is 0. The first-order valence-corrected chi connectivity index (χ1v) is 10.3. The molecule has 4 heterocycles. The van der Waals surface area contributed by atoms with E-state index in [2.05, 4.69) is 21.1 Å². The number of hydrogen-bond donors (Lipinski definition) is 1. The number of aromatic amines is 1. The van der Waals surface area contributed by atoms with Crippen molar-refractivity contribution in [3.05, 3.63) is 36.4 Å². The zero-order valence-corrected chi connectivity index (χ0v) is 16.0. The van der Waals surface area contributed by atoms with Gasteiger partial charge in [0, 0.05) is 42.6 Å². The number of rotatable bonds is 5. The Hall–Kier alpha value is -2.70. The molecule has 140 valence electrons. The Bertz CT molecular complexity index is 1150. The number of H-pyrrole nitrogens is 1. The van der Waals surface area contributed by atoms with Crippen molar-refractivity contribution >= 4 is 21.1 Å². The molecule has 0 amide bonds. The lowest BCUT2D eigenvalue weighted by Gasteiger charge is -2.47. The first kappa shape index (κ1) is 17.7. The third-order valence-corrected chi connectivity index (χ3v) is 7.02. The molecule has 0 aliphatic carbocycles. The summed E-state index contributed by atoms with van der Waals surface area (Å²) in [5.74, 6) is 0.0570. The van der Waals surface area contributed by atoms with E-state index in [1.54, 1.807) is 17.8 Å². The highest BCUT2D eigenvalue weighted by molar-refractivity contribution is 7.89. The molecule has 0 radical (unpaired) electrons. The molecule has 3 aromatic rings. The molecule has 1 aliphatic rings. The van der Waals surface area contributed by atoms with Crippen LogP contribution in [0.25, 0.3) is 22.2 Å². The zero-order chi connectivity index (χ0) is 19.2. The van der Waals surface area contributed by atoms with Crippen molar-refractivity contribution in [2.75, 3.05) is 18.8 Å². The molecule has 0 saturated carbocycles. The van der Waals surface area contributed by atoms with Gasteiger partial charge in [-0.05, 0) is 31.5 Å². The molecule has 1 N–H and O–H groups in total. The van der Waals surface area contributed by atoms with E-state index in [9.17, 15) is 13.7 Å². The summed E-state index contributed by atoms with van der Waals surface area (Å²) in [6, 6.07) is 6.11. The van der Waals surface area contributed by atoms with Gasteiger partial charge in [-0.25, -0.2) is 13.4 Å². The lowest BCUT2D eigenvalue weighted by Crippen LogP contribution is -2.64. The van der Waals surface area contributed by atoms with Crippen LogP contribution in [0.4, 0.5) is 0 Å². The normalized spacial score (nSPS) is 16.9. The summed E-state index contributed by atoms with van der Waals surface area (Å²) in [4.78, 5) is 7.42. The van der Waals surface area contributed by atoms with E-state index >= 15 is 0 Å². The van der Waals surface area contributed by atoms with Gasteiger partial charge in [-0.1, -0.05) is 0 Å². The fraction of sp³-hybridized carbons (Fsp3) is 0.389. The van der Waals surface area contributed by atoms with Gasteiger partial charge in [0.1, 0.15) is 11.2 Å². The second kappa shape index (κ2) is 6.18. The van der Waals surface area contributed by atoms with Crippen LogP contribution in [0.15, 0.2) is 30.7 Å². The number of sulfonamides is 1. The number of hydrogen-bond acceptors (Lipinski definition) is 5. The van der Waals surface area contributed by atoms with E-state index in [1.807, 2.05) is 31.5 Å². The van der Waals surface area contributed by atoms with Crippen molar-refractivity contribution < 1.29 is 8.42 Å². The third-order valence-electron chi connectivity index (χ3n) is 5.24. The minimum Gasteiger partial charge on any atom is -0.346 e. The first-order chi connectivity index (χ1) is 12.9. The fourth-order valence-electron chi connectivity index (χ4n) is 3.64. The summed E-state index contributed by atoms with van der Waals surface area (Å²) in [6.07, 6.45) is 5.72. The second-order valence-corrected chi connectivity index (χ2v) is 9.16. The van der Waals surface area contributed by atoms with E-state index in [4.69, 9.17) is 0 Å². The highest BCUT2D eigenvalue weighted by Crippen LogP contribution is 2.37. The van der Waals surface area contributed by atoms with Crippen LogP contribution < -0.4 is 0 Å². The summed E-state index contributed by atoms with van der Waals surface area (Å²) < 4.78 is 27.4. The maximum Gasteiger partial charge on any atom is 0.213 e. The van der Waals surface area contributed by atoms with Crippen LogP contribution >= 0.6 is 0 Å². The number of fused-ring (bicyclic) bond motifs is 1. The highest BCUT2D eigenvalue weighted by Gasteiger charge is 2.49. The van der Waals surface area contributed by atoms with Gasteiger partial charge in [0.25, 0.3) is 0 Å². The van der Waals surface area contributed by atoms with Crippen LogP contribution in [0.3, 0.4) is 0 Å². The molecule has 0 spiro atoms. The van der Waals surface area contributed by atoms with Crippen LogP contribution in [-0.2, 0) is 15.6 Å². The van der Waals surface area contributed by atoms with Crippen molar-refractivity contribution in [1.82, 2.24) is 24.1 Å². The predicted molar refractivity (Wildman–Crippen MR) is 101 cm³/mol. The van der Waals surface area contributed by atoms with Gasteiger partial charge in [-0.3, -0.25) is 4.68 Å². The lowest BCUT2D eigenvalue weighted by molar-refractivity contribution is 0.0716. The highest BCUT2D eigenvalue weighted by atomic mass is 32.2. The van der Waals surface area contributed by atoms with Gasteiger partial charge in [0.05, 0.1) is 23.9 Å². The lowest BCUT2D eigenvalue weighted by atomic mass is 9.89. The molecule has 9 heteroatoms. The van der Waals surface area contributed by atoms with Crippen LogP contribution in [-0.4, -0.2) is 51.3 Å². The maximum atomic E-state index is 12.1. The number of aryl methyl sites for hydroxylation is 1. The number of nitrogens with one attached hydrogen (secondary N) is 1. The number of nitriles is 1. The van der Waals surface area contributed by atoms with Gasteiger partial charge in [0.2, 0.25) is 10.0 Å². The maximum absolute atomic E-state index is 12.1. The van der Waals surface area contributed by atoms with Gasteiger partial charge in [-0.15, -0.1) is 0 Å².